The molecule has 0 fully saturated rings. The van der Waals surface area contributed by atoms with Crippen molar-refractivity contribution in [3.63, 3.8) is 0 Å². The van der Waals surface area contributed by atoms with E-state index in [-0.39, 0.29) is 6.54 Å². The highest BCUT2D eigenvalue weighted by Gasteiger charge is 2.35. The van der Waals surface area contributed by atoms with Gasteiger partial charge >= 0.3 is 5.92 Å². The molecule has 31 heavy (non-hydrogen) atoms. The third-order valence-electron chi connectivity index (χ3n) is 4.61. The van der Waals surface area contributed by atoms with Crippen LogP contribution in [0.4, 0.5) is 8.78 Å². The van der Waals surface area contributed by atoms with E-state index in [4.69, 9.17) is 4.74 Å². The van der Waals surface area contributed by atoms with Crippen LogP contribution >= 0.6 is 0 Å². The molecular weight excluding hydrogens is 402 g/mol. The molecule has 3 rings (SSSR count). The molecule has 0 bridgehead atoms. The predicted octanol–water partition coefficient (Wildman–Crippen LogP) is 4.20. The fourth-order valence-electron chi connectivity index (χ4n) is 2.95. The first kappa shape index (κ1) is 22.1. The molecule has 0 radical (unpaired) electrons. The summed E-state index contributed by atoms with van der Waals surface area (Å²) in [6.45, 7) is 0.712. The second kappa shape index (κ2) is 10.5. The van der Waals surface area contributed by atoms with E-state index in [1.165, 1.54) is 6.08 Å². The summed E-state index contributed by atoms with van der Waals surface area (Å²) < 4.78 is 35.0. The Bertz CT molecular complexity index is 1020. The normalized spacial score (nSPS) is 11.6. The van der Waals surface area contributed by atoms with Crippen molar-refractivity contribution in [2.75, 3.05) is 13.7 Å². The van der Waals surface area contributed by atoms with Gasteiger partial charge in [0, 0.05) is 18.7 Å². The molecule has 0 aliphatic rings. The number of halogens is 2. The second-order valence-electron chi connectivity index (χ2n) is 6.90. The third kappa shape index (κ3) is 6.21. The molecule has 1 aromatic heterocycles. The highest BCUT2D eigenvalue weighted by Crippen LogP contribution is 2.27. The number of hydrogen-bond donors (Lipinski definition) is 1. The standard InChI is InChI=1S/C23H24F2N4O2/c1-31-21-12-6-5-11-19(21)20-17-29(28-27-20)16-8-7-15-26-22(30)23(24,25)14-13-18-9-3-2-4-10-18/h2-6,9-14,17H,7-8,15-16H2,1H3,(H,26,30)/b14-13+. The fraction of sp³-hybridized carbons (Fsp3) is 0.261. The molecule has 0 saturated carbocycles. The van der Waals surface area contributed by atoms with Crippen molar-refractivity contribution in [2.24, 2.45) is 0 Å². The van der Waals surface area contributed by atoms with E-state index < -0.39 is 11.8 Å². The van der Waals surface area contributed by atoms with Crippen LogP contribution in [0.15, 0.2) is 66.9 Å². The molecular formula is C23H24F2N4O2. The number of rotatable bonds is 10. The smallest absolute Gasteiger partial charge is 0.343 e. The summed E-state index contributed by atoms with van der Waals surface area (Å²) in [6.07, 6.45) is 4.85. The number of aromatic nitrogens is 3. The molecule has 8 heteroatoms. The topological polar surface area (TPSA) is 69.0 Å². The van der Waals surface area contributed by atoms with Gasteiger partial charge in [0.15, 0.2) is 0 Å². The third-order valence-corrected chi connectivity index (χ3v) is 4.61. The molecule has 2 aromatic carbocycles. The van der Waals surface area contributed by atoms with Gasteiger partial charge in [-0.25, -0.2) is 0 Å². The number of aryl methyl sites for hydroxylation is 1. The molecule has 1 heterocycles. The second-order valence-corrected chi connectivity index (χ2v) is 6.90. The molecule has 0 spiro atoms. The SMILES string of the molecule is COc1ccccc1-c1cn(CCCCNC(=O)C(F)(F)/C=C/c2ccccc2)nn1. The number of alkyl halides is 2. The van der Waals surface area contributed by atoms with E-state index in [2.05, 4.69) is 15.6 Å². The van der Waals surface area contributed by atoms with Gasteiger partial charge in [0.1, 0.15) is 11.4 Å². The minimum atomic E-state index is -3.56. The van der Waals surface area contributed by atoms with Crippen LogP contribution in [0.25, 0.3) is 17.3 Å². The molecule has 0 aliphatic heterocycles. The Morgan fingerprint density at radius 3 is 2.65 bits per heavy atom. The van der Waals surface area contributed by atoms with Crippen molar-refractivity contribution < 1.29 is 18.3 Å². The van der Waals surface area contributed by atoms with Crippen molar-refractivity contribution in [1.82, 2.24) is 20.3 Å². The number of ether oxygens (including phenoxy) is 1. The van der Waals surface area contributed by atoms with Gasteiger partial charge in [0.05, 0.1) is 13.3 Å². The zero-order valence-electron chi connectivity index (χ0n) is 17.2. The number of benzene rings is 2. The van der Waals surface area contributed by atoms with Crippen LogP contribution in [-0.2, 0) is 11.3 Å². The van der Waals surface area contributed by atoms with Crippen molar-refractivity contribution >= 4 is 12.0 Å². The van der Waals surface area contributed by atoms with Gasteiger partial charge < -0.3 is 10.1 Å². The molecule has 0 saturated heterocycles. The summed E-state index contributed by atoms with van der Waals surface area (Å²) in [7, 11) is 1.60. The van der Waals surface area contributed by atoms with Crippen molar-refractivity contribution in [3.05, 3.63) is 72.4 Å². The van der Waals surface area contributed by atoms with E-state index >= 15 is 0 Å². The van der Waals surface area contributed by atoms with Gasteiger partial charge in [-0.1, -0.05) is 53.8 Å². The van der Waals surface area contributed by atoms with E-state index in [0.29, 0.717) is 42.5 Å². The van der Waals surface area contributed by atoms with E-state index in [0.717, 1.165) is 5.56 Å². The largest absolute Gasteiger partial charge is 0.496 e. The average Bonchev–Trinajstić information content (AvgIpc) is 3.27. The number of carbonyl (C=O) groups is 1. The molecule has 0 aliphatic carbocycles. The average molecular weight is 426 g/mol. The Labute approximate surface area is 179 Å². The number of amides is 1. The number of methoxy groups -OCH3 is 1. The first-order valence-corrected chi connectivity index (χ1v) is 9.93. The van der Waals surface area contributed by atoms with Gasteiger partial charge in [-0.05, 0) is 36.6 Å². The summed E-state index contributed by atoms with van der Waals surface area (Å²) in [6, 6.07) is 16.2. The number of hydrogen-bond acceptors (Lipinski definition) is 4. The molecule has 3 aromatic rings. The van der Waals surface area contributed by atoms with E-state index in [9.17, 15) is 13.6 Å². The highest BCUT2D eigenvalue weighted by molar-refractivity contribution is 5.86. The Hall–Kier alpha value is -3.55. The summed E-state index contributed by atoms with van der Waals surface area (Å²) in [5.74, 6) is -4.16. The van der Waals surface area contributed by atoms with E-state index in [1.54, 1.807) is 48.3 Å². The predicted molar refractivity (Wildman–Crippen MR) is 115 cm³/mol. The van der Waals surface area contributed by atoms with Crippen molar-refractivity contribution in [1.29, 1.82) is 0 Å². The van der Waals surface area contributed by atoms with Crippen LogP contribution in [-0.4, -0.2) is 40.5 Å². The number of unbranched alkanes of at least 4 members (excludes halogenated alkanes) is 1. The zero-order chi connectivity index (χ0) is 22.1. The lowest BCUT2D eigenvalue weighted by atomic mass is 10.1. The highest BCUT2D eigenvalue weighted by atomic mass is 19.3. The van der Waals surface area contributed by atoms with Gasteiger partial charge in [-0.3, -0.25) is 9.48 Å². The Morgan fingerprint density at radius 2 is 1.87 bits per heavy atom. The molecule has 0 atom stereocenters. The number of nitrogens with zero attached hydrogens (tertiary/aromatic N) is 3. The van der Waals surface area contributed by atoms with Crippen LogP contribution in [0.1, 0.15) is 18.4 Å². The van der Waals surface area contributed by atoms with Crippen LogP contribution < -0.4 is 10.1 Å². The number of carbonyl (C=O) groups excluding carboxylic acids is 1. The molecule has 6 nitrogen and oxygen atoms in total. The van der Waals surface area contributed by atoms with Crippen LogP contribution in [0, 0.1) is 0 Å². The lowest BCUT2D eigenvalue weighted by Crippen LogP contribution is -2.39. The maximum atomic E-state index is 14.0. The maximum absolute atomic E-state index is 14.0. The summed E-state index contributed by atoms with van der Waals surface area (Å²) in [4.78, 5) is 11.8. The Balaban J connectivity index is 1.42. The fourth-order valence-corrected chi connectivity index (χ4v) is 2.95. The summed E-state index contributed by atoms with van der Waals surface area (Å²) in [5.41, 5.74) is 2.14. The van der Waals surface area contributed by atoms with Crippen LogP contribution in [0.5, 0.6) is 5.75 Å². The van der Waals surface area contributed by atoms with Gasteiger partial charge in [0.2, 0.25) is 0 Å². The monoisotopic (exact) mass is 426 g/mol. The van der Waals surface area contributed by atoms with Crippen LogP contribution in [0.2, 0.25) is 0 Å². The maximum Gasteiger partial charge on any atom is 0.343 e. The first-order chi connectivity index (χ1) is 15.0. The minimum absolute atomic E-state index is 0.154. The molecule has 0 unspecified atom stereocenters. The Kier molecular flexibility index (Phi) is 7.48. The summed E-state index contributed by atoms with van der Waals surface area (Å²) in [5, 5.41) is 10.5. The molecule has 1 amide bonds. The van der Waals surface area contributed by atoms with Gasteiger partial charge in [0.25, 0.3) is 5.91 Å². The number of para-hydroxylation sites is 1. The molecule has 162 valence electrons. The van der Waals surface area contributed by atoms with Crippen molar-refractivity contribution in [2.45, 2.75) is 25.3 Å². The van der Waals surface area contributed by atoms with E-state index in [1.807, 2.05) is 24.3 Å². The minimum Gasteiger partial charge on any atom is -0.496 e. The van der Waals surface area contributed by atoms with Crippen LogP contribution in [0.3, 0.4) is 0 Å². The molecule has 1 N–H and O–H groups in total. The zero-order valence-corrected chi connectivity index (χ0v) is 17.2. The Morgan fingerprint density at radius 1 is 1.13 bits per heavy atom. The first-order valence-electron chi connectivity index (χ1n) is 9.93. The van der Waals surface area contributed by atoms with Gasteiger partial charge in [-0.2, -0.15) is 8.78 Å². The van der Waals surface area contributed by atoms with Gasteiger partial charge in [-0.15, -0.1) is 5.10 Å². The lowest BCUT2D eigenvalue weighted by Gasteiger charge is -2.12. The summed E-state index contributed by atoms with van der Waals surface area (Å²) >= 11 is 0. The number of nitrogens with one attached hydrogen (secondary N) is 1. The quantitative estimate of drug-likeness (QED) is 0.494. The lowest BCUT2D eigenvalue weighted by molar-refractivity contribution is -0.139. The van der Waals surface area contributed by atoms with Crippen molar-refractivity contribution in [3.8, 4) is 17.0 Å².